The molecule has 13 heteroatoms. The van der Waals surface area contributed by atoms with Crippen LogP contribution in [-0.2, 0) is 17.7 Å². The fourth-order valence-corrected chi connectivity index (χ4v) is 6.72. The molecule has 12 nitrogen and oxygen atoms in total. The first kappa shape index (κ1) is 32.1. The summed E-state index contributed by atoms with van der Waals surface area (Å²) in [5.41, 5.74) is 2.10. The molecule has 2 aromatic carbocycles. The summed E-state index contributed by atoms with van der Waals surface area (Å²) in [6.45, 7) is 7.33. The maximum atomic E-state index is 14.6. The normalized spacial score (nSPS) is 21.4. The van der Waals surface area contributed by atoms with Crippen molar-refractivity contribution in [3.8, 4) is 12.1 Å². The van der Waals surface area contributed by atoms with E-state index in [1.165, 1.54) is 9.80 Å². The number of aromatic nitrogens is 2. The van der Waals surface area contributed by atoms with Gasteiger partial charge in [0.15, 0.2) is 0 Å². The van der Waals surface area contributed by atoms with E-state index in [9.17, 15) is 24.3 Å². The molecule has 3 atom stereocenters. The van der Waals surface area contributed by atoms with Gasteiger partial charge < -0.3 is 29.3 Å². The van der Waals surface area contributed by atoms with Gasteiger partial charge in [-0.2, -0.15) is 15.2 Å². The molecule has 47 heavy (non-hydrogen) atoms. The number of rotatable bonds is 6. The molecule has 0 radical (unpaired) electrons. The van der Waals surface area contributed by atoms with Crippen LogP contribution in [0.15, 0.2) is 42.5 Å². The zero-order valence-electron chi connectivity index (χ0n) is 26.9. The van der Waals surface area contributed by atoms with Gasteiger partial charge >= 0.3 is 18.2 Å². The van der Waals surface area contributed by atoms with Gasteiger partial charge in [-0.15, -0.1) is 0 Å². The molecule has 0 spiro atoms. The number of amides is 2. The molecular formula is C34H40FN7O5. The van der Waals surface area contributed by atoms with Crippen LogP contribution in [0.2, 0.25) is 0 Å². The number of ether oxygens (including phenoxy) is 2. The number of alkyl halides is 1. The summed E-state index contributed by atoms with van der Waals surface area (Å²) in [5.74, 6) is 0.648. The summed E-state index contributed by atoms with van der Waals surface area (Å²) in [6.07, 6.45) is -2.03. The Balaban J connectivity index is 1.31. The van der Waals surface area contributed by atoms with Gasteiger partial charge in [-0.3, -0.25) is 4.90 Å². The molecule has 0 bridgehead atoms. The van der Waals surface area contributed by atoms with Gasteiger partial charge in [0.25, 0.3) is 0 Å². The van der Waals surface area contributed by atoms with E-state index in [-0.39, 0.29) is 38.5 Å². The number of carbonyl (C=O) groups is 2. The predicted octanol–water partition coefficient (Wildman–Crippen LogP) is 5.00. The summed E-state index contributed by atoms with van der Waals surface area (Å²) < 4.78 is 26.2. The molecule has 1 unspecified atom stereocenters. The van der Waals surface area contributed by atoms with E-state index in [4.69, 9.17) is 19.4 Å². The first-order chi connectivity index (χ1) is 22.5. The van der Waals surface area contributed by atoms with Crippen LogP contribution >= 0.6 is 0 Å². The number of carboxylic acid groups (broad SMARTS) is 1. The first-order valence-corrected chi connectivity index (χ1v) is 16.0. The van der Waals surface area contributed by atoms with Gasteiger partial charge in [0.2, 0.25) is 0 Å². The Kier molecular flexibility index (Phi) is 8.94. The fraction of sp³-hybridized carbons (Fsp3) is 0.500. The van der Waals surface area contributed by atoms with Crippen molar-refractivity contribution in [3.63, 3.8) is 0 Å². The van der Waals surface area contributed by atoms with E-state index in [1.807, 2.05) is 23.1 Å². The lowest BCUT2D eigenvalue weighted by Gasteiger charge is -2.41. The fourth-order valence-electron chi connectivity index (χ4n) is 6.72. The van der Waals surface area contributed by atoms with Crippen molar-refractivity contribution in [3.05, 3.63) is 53.7 Å². The maximum absolute atomic E-state index is 14.6. The van der Waals surface area contributed by atoms with Crippen molar-refractivity contribution >= 4 is 34.5 Å². The van der Waals surface area contributed by atoms with Gasteiger partial charge in [-0.25, -0.2) is 14.0 Å². The lowest BCUT2D eigenvalue weighted by atomic mass is 10.0. The van der Waals surface area contributed by atoms with E-state index >= 15 is 0 Å². The second-order valence-electron chi connectivity index (χ2n) is 13.3. The minimum absolute atomic E-state index is 0.0191. The Morgan fingerprint density at radius 1 is 1.02 bits per heavy atom. The molecule has 4 heterocycles. The number of likely N-dealkylation sites (tertiary alicyclic amines) is 1. The van der Waals surface area contributed by atoms with Crippen LogP contribution in [0.3, 0.4) is 0 Å². The minimum atomic E-state index is -1.20. The highest BCUT2D eigenvalue weighted by molar-refractivity contribution is 5.94. The average molecular weight is 646 g/mol. The molecule has 3 aliphatic heterocycles. The predicted molar refractivity (Wildman–Crippen MR) is 173 cm³/mol. The zero-order chi connectivity index (χ0) is 33.3. The highest BCUT2D eigenvalue weighted by Gasteiger charge is 2.39. The van der Waals surface area contributed by atoms with Crippen LogP contribution in [0.4, 0.5) is 25.5 Å². The van der Waals surface area contributed by atoms with Gasteiger partial charge in [-0.05, 0) is 38.6 Å². The number of nitriles is 1. The van der Waals surface area contributed by atoms with Crippen LogP contribution in [-0.4, -0.2) is 100 Å². The van der Waals surface area contributed by atoms with Gasteiger partial charge in [0.1, 0.15) is 24.2 Å². The number of benzene rings is 2. The van der Waals surface area contributed by atoms with E-state index in [0.717, 1.165) is 34.3 Å². The highest BCUT2D eigenvalue weighted by atomic mass is 19.1. The van der Waals surface area contributed by atoms with Crippen molar-refractivity contribution in [2.24, 2.45) is 0 Å². The maximum Gasteiger partial charge on any atom is 0.410 e. The van der Waals surface area contributed by atoms with Crippen LogP contribution in [0.5, 0.6) is 6.01 Å². The standard InChI is InChI=1S/C34H40FN7O5/c1-34(2,3)47-33(45)42-18-23(35)17-25(42)21-46-31-37-28-20-39(29-10-6-8-22-7-4-5-9-26(22)29)14-12-27(28)30(38-31)40-15-16-41(32(43)44)24(19-40)11-13-36/h4-10,23-25H,11-12,14-21H2,1-3H3,(H,43,44)/t23-,24?,25+/m1/s1. The Morgan fingerprint density at radius 2 is 1.81 bits per heavy atom. The second kappa shape index (κ2) is 13.1. The van der Waals surface area contributed by atoms with E-state index in [1.54, 1.807) is 20.8 Å². The van der Waals surface area contributed by atoms with Crippen molar-refractivity contribution in [1.82, 2.24) is 19.8 Å². The number of anilines is 2. The van der Waals surface area contributed by atoms with Gasteiger partial charge in [0.05, 0.1) is 43.4 Å². The third-order valence-electron chi connectivity index (χ3n) is 8.88. The number of fused-ring (bicyclic) bond motifs is 2. The molecule has 0 saturated carbocycles. The van der Waals surface area contributed by atoms with Crippen LogP contribution in [0.1, 0.15) is 44.9 Å². The number of nitrogens with zero attached hydrogens (tertiary/aromatic N) is 7. The monoisotopic (exact) mass is 645 g/mol. The Morgan fingerprint density at radius 3 is 2.57 bits per heavy atom. The van der Waals surface area contributed by atoms with Crippen LogP contribution in [0, 0.1) is 11.3 Å². The Labute approximate surface area is 273 Å². The Bertz CT molecular complexity index is 1690. The lowest BCUT2D eigenvalue weighted by Crippen LogP contribution is -2.55. The van der Waals surface area contributed by atoms with Gasteiger partial charge in [0, 0.05) is 49.2 Å². The highest BCUT2D eigenvalue weighted by Crippen LogP contribution is 2.35. The molecule has 2 amide bonds. The number of halogens is 1. The molecule has 2 saturated heterocycles. The second-order valence-corrected chi connectivity index (χ2v) is 13.3. The summed E-state index contributed by atoms with van der Waals surface area (Å²) in [4.78, 5) is 41.4. The zero-order valence-corrected chi connectivity index (χ0v) is 26.9. The quantitative estimate of drug-likeness (QED) is 0.390. The Hall–Kier alpha value is -4.86. The SMILES string of the molecule is CC(C)(C)OC(=O)N1C[C@H](F)C[C@H]1COc1nc2c(c(N3CCN(C(=O)O)C(CC#N)C3)n1)CCN(c1cccc3ccccc13)C2. The minimum Gasteiger partial charge on any atom is -0.465 e. The van der Waals surface area contributed by atoms with Crippen LogP contribution in [0.25, 0.3) is 10.8 Å². The molecule has 6 rings (SSSR count). The number of hydrogen-bond donors (Lipinski definition) is 1. The molecular weight excluding hydrogens is 605 g/mol. The number of hydrogen-bond acceptors (Lipinski definition) is 9. The molecule has 1 N–H and O–H groups in total. The van der Waals surface area contributed by atoms with Crippen molar-refractivity contribution in [1.29, 1.82) is 5.26 Å². The average Bonchev–Trinajstić information content (AvgIpc) is 3.42. The van der Waals surface area contributed by atoms with Crippen molar-refractivity contribution < 1.29 is 28.6 Å². The summed E-state index contributed by atoms with van der Waals surface area (Å²) in [6, 6.07) is 15.6. The molecule has 3 aliphatic rings. The third-order valence-corrected chi connectivity index (χ3v) is 8.88. The van der Waals surface area contributed by atoms with E-state index < -0.39 is 36.0 Å². The molecule has 248 valence electrons. The molecule has 1 aromatic heterocycles. The van der Waals surface area contributed by atoms with E-state index in [2.05, 4.69) is 35.2 Å². The smallest absolute Gasteiger partial charge is 0.410 e. The third kappa shape index (κ3) is 6.96. The topological polar surface area (TPSA) is 135 Å². The van der Waals surface area contributed by atoms with E-state index in [0.29, 0.717) is 31.9 Å². The number of piperazine rings is 1. The van der Waals surface area contributed by atoms with Gasteiger partial charge in [-0.1, -0.05) is 36.4 Å². The first-order valence-electron chi connectivity index (χ1n) is 16.0. The van der Waals surface area contributed by atoms with Crippen LogP contribution < -0.4 is 14.5 Å². The summed E-state index contributed by atoms with van der Waals surface area (Å²) >= 11 is 0. The molecule has 3 aromatic rings. The molecule has 2 fully saturated rings. The molecule has 0 aliphatic carbocycles. The largest absolute Gasteiger partial charge is 0.465 e. The number of carbonyl (C=O) groups excluding carboxylic acids is 1. The summed E-state index contributed by atoms with van der Waals surface area (Å²) in [7, 11) is 0. The summed E-state index contributed by atoms with van der Waals surface area (Å²) in [5, 5.41) is 21.5. The van der Waals surface area contributed by atoms with Crippen molar-refractivity contribution in [2.45, 2.75) is 70.4 Å². The van der Waals surface area contributed by atoms with Crippen molar-refractivity contribution in [2.75, 3.05) is 49.1 Å². The lowest BCUT2D eigenvalue weighted by molar-refractivity contribution is 0.0177.